The van der Waals surface area contributed by atoms with Crippen LogP contribution in [-0.2, 0) is 26.9 Å². The molecule has 0 amide bonds. The topological polar surface area (TPSA) is 74.1 Å². The molecule has 0 radical (unpaired) electrons. The largest absolute Gasteiger partial charge is 0.383 e. The molecule has 0 saturated carbocycles. The van der Waals surface area contributed by atoms with Gasteiger partial charge in [0.05, 0.1) is 6.61 Å². The van der Waals surface area contributed by atoms with Gasteiger partial charge in [0.25, 0.3) is 0 Å². The second-order valence-corrected chi connectivity index (χ2v) is 5.14. The van der Waals surface area contributed by atoms with Crippen LogP contribution in [0.4, 0.5) is 0 Å². The van der Waals surface area contributed by atoms with E-state index in [2.05, 4.69) is 10.2 Å². The fraction of sp³-hybridized carbons (Fsp3) is 0.714. The van der Waals surface area contributed by atoms with E-state index in [0.29, 0.717) is 19.0 Å². The molecule has 1 heterocycles. The molecule has 1 rings (SSSR count). The minimum Gasteiger partial charge on any atom is -0.383 e. The maximum absolute atomic E-state index is 11.0. The number of rotatable bonds is 5. The minimum atomic E-state index is -3.06. The molecule has 80 valence electrons. The molecule has 0 bridgehead atoms. The molecular formula is C7H13N3O3S. The lowest BCUT2D eigenvalue weighted by atomic mass is 10.6. The lowest BCUT2D eigenvalue weighted by Gasteiger charge is -2.04. The zero-order valence-corrected chi connectivity index (χ0v) is 8.99. The summed E-state index contributed by atoms with van der Waals surface area (Å²) >= 11 is 0. The van der Waals surface area contributed by atoms with Crippen molar-refractivity contribution in [2.75, 3.05) is 20.0 Å². The van der Waals surface area contributed by atoms with Gasteiger partial charge in [0, 0.05) is 19.9 Å². The highest BCUT2D eigenvalue weighted by molar-refractivity contribution is 7.89. The molecule has 0 N–H and O–H groups in total. The van der Waals surface area contributed by atoms with Gasteiger partial charge in [0.1, 0.15) is 17.9 Å². The average molecular weight is 219 g/mol. The Morgan fingerprint density at radius 1 is 1.57 bits per heavy atom. The Morgan fingerprint density at radius 2 is 2.29 bits per heavy atom. The highest BCUT2D eigenvalue weighted by Gasteiger charge is 2.10. The van der Waals surface area contributed by atoms with Crippen molar-refractivity contribution >= 4 is 9.84 Å². The van der Waals surface area contributed by atoms with Crippen LogP contribution < -0.4 is 0 Å². The predicted octanol–water partition coefficient (Wildman–Crippen LogP) is -0.531. The van der Waals surface area contributed by atoms with Crippen molar-refractivity contribution in [1.82, 2.24) is 14.8 Å². The summed E-state index contributed by atoms with van der Waals surface area (Å²) in [6, 6.07) is 0. The Labute approximate surface area is 82.8 Å². The first kappa shape index (κ1) is 11.1. The summed E-state index contributed by atoms with van der Waals surface area (Å²) in [4.78, 5) is 0. The first-order chi connectivity index (χ1) is 6.53. The van der Waals surface area contributed by atoms with Crippen molar-refractivity contribution in [2.45, 2.75) is 12.3 Å². The van der Waals surface area contributed by atoms with Gasteiger partial charge in [-0.3, -0.25) is 0 Å². The van der Waals surface area contributed by atoms with Crippen LogP contribution in [0.15, 0.2) is 6.33 Å². The zero-order valence-electron chi connectivity index (χ0n) is 8.17. The number of ether oxygens (including phenoxy) is 1. The summed E-state index contributed by atoms with van der Waals surface area (Å²) in [6.07, 6.45) is 2.67. The Balaban J connectivity index is 2.72. The van der Waals surface area contributed by atoms with Gasteiger partial charge >= 0.3 is 0 Å². The van der Waals surface area contributed by atoms with E-state index in [1.807, 2.05) is 0 Å². The predicted molar refractivity (Wildman–Crippen MR) is 50.4 cm³/mol. The fourth-order valence-electron chi connectivity index (χ4n) is 1.00. The van der Waals surface area contributed by atoms with Gasteiger partial charge in [0.2, 0.25) is 0 Å². The van der Waals surface area contributed by atoms with Crippen LogP contribution in [0.25, 0.3) is 0 Å². The molecule has 1 aromatic heterocycles. The summed E-state index contributed by atoms with van der Waals surface area (Å²) in [5, 5.41) is 7.38. The number of nitrogens with zero attached hydrogens (tertiary/aromatic N) is 3. The Kier molecular flexibility index (Phi) is 3.59. The number of aromatic nitrogens is 3. The van der Waals surface area contributed by atoms with Crippen LogP contribution in [0.2, 0.25) is 0 Å². The van der Waals surface area contributed by atoms with Gasteiger partial charge in [0.15, 0.2) is 9.84 Å². The SMILES string of the molecule is COCCn1cnnc1CS(C)(=O)=O. The number of sulfone groups is 1. The number of hydrogen-bond donors (Lipinski definition) is 0. The van der Waals surface area contributed by atoms with E-state index in [9.17, 15) is 8.42 Å². The Bertz CT molecular complexity index is 385. The molecule has 0 atom stereocenters. The lowest BCUT2D eigenvalue weighted by Crippen LogP contribution is -2.11. The van der Waals surface area contributed by atoms with E-state index in [1.54, 1.807) is 11.7 Å². The summed E-state index contributed by atoms with van der Waals surface area (Å²) in [6.45, 7) is 1.07. The third-order valence-corrected chi connectivity index (χ3v) is 2.41. The molecule has 0 saturated heterocycles. The van der Waals surface area contributed by atoms with Crippen molar-refractivity contribution in [3.05, 3.63) is 12.2 Å². The Morgan fingerprint density at radius 3 is 2.86 bits per heavy atom. The molecule has 0 spiro atoms. The smallest absolute Gasteiger partial charge is 0.154 e. The lowest BCUT2D eigenvalue weighted by molar-refractivity contribution is 0.186. The molecule has 0 aliphatic heterocycles. The third kappa shape index (κ3) is 3.43. The number of hydrogen-bond acceptors (Lipinski definition) is 5. The number of methoxy groups -OCH3 is 1. The highest BCUT2D eigenvalue weighted by atomic mass is 32.2. The van der Waals surface area contributed by atoms with Crippen LogP contribution in [0.3, 0.4) is 0 Å². The van der Waals surface area contributed by atoms with Gasteiger partial charge in [-0.05, 0) is 0 Å². The van der Waals surface area contributed by atoms with Gasteiger partial charge in [-0.25, -0.2) is 8.42 Å². The third-order valence-electron chi connectivity index (χ3n) is 1.62. The van der Waals surface area contributed by atoms with Crippen LogP contribution in [0.1, 0.15) is 5.82 Å². The van der Waals surface area contributed by atoms with Gasteiger partial charge in [-0.15, -0.1) is 10.2 Å². The van der Waals surface area contributed by atoms with Crippen LogP contribution >= 0.6 is 0 Å². The van der Waals surface area contributed by atoms with Gasteiger partial charge in [-0.2, -0.15) is 0 Å². The molecular weight excluding hydrogens is 206 g/mol. The minimum absolute atomic E-state index is 0.0866. The summed E-state index contributed by atoms with van der Waals surface area (Å²) < 4.78 is 28.6. The molecule has 0 unspecified atom stereocenters. The summed E-state index contributed by atoms with van der Waals surface area (Å²) in [5.41, 5.74) is 0. The van der Waals surface area contributed by atoms with Gasteiger partial charge < -0.3 is 9.30 Å². The van der Waals surface area contributed by atoms with Crippen LogP contribution in [-0.4, -0.2) is 43.2 Å². The molecule has 6 nitrogen and oxygen atoms in total. The average Bonchev–Trinajstić information content (AvgIpc) is 2.45. The maximum Gasteiger partial charge on any atom is 0.154 e. The quantitative estimate of drug-likeness (QED) is 0.665. The van der Waals surface area contributed by atoms with Crippen molar-refractivity contribution in [2.24, 2.45) is 0 Å². The molecule has 0 aromatic carbocycles. The van der Waals surface area contributed by atoms with Gasteiger partial charge in [-0.1, -0.05) is 0 Å². The highest BCUT2D eigenvalue weighted by Crippen LogP contribution is 2.00. The molecule has 7 heteroatoms. The summed E-state index contributed by atoms with van der Waals surface area (Å²) in [7, 11) is -1.47. The zero-order chi connectivity index (χ0) is 10.6. The van der Waals surface area contributed by atoms with Crippen molar-refractivity contribution in [3.63, 3.8) is 0 Å². The Hall–Kier alpha value is -0.950. The van der Waals surface area contributed by atoms with Crippen LogP contribution in [0.5, 0.6) is 0 Å². The standard InChI is InChI=1S/C7H13N3O3S/c1-13-4-3-10-6-8-9-7(10)5-14(2,11)12/h6H,3-5H2,1-2H3. The molecule has 0 fully saturated rings. The fourth-order valence-corrected chi connectivity index (χ4v) is 1.69. The second kappa shape index (κ2) is 4.52. The van der Waals surface area contributed by atoms with E-state index in [-0.39, 0.29) is 5.75 Å². The van der Waals surface area contributed by atoms with E-state index >= 15 is 0 Å². The monoisotopic (exact) mass is 219 g/mol. The van der Waals surface area contributed by atoms with Crippen molar-refractivity contribution in [1.29, 1.82) is 0 Å². The first-order valence-electron chi connectivity index (χ1n) is 4.06. The normalized spacial score (nSPS) is 11.9. The maximum atomic E-state index is 11.0. The molecule has 1 aromatic rings. The van der Waals surface area contributed by atoms with E-state index in [4.69, 9.17) is 4.74 Å². The second-order valence-electron chi connectivity index (χ2n) is 3.00. The van der Waals surface area contributed by atoms with Crippen molar-refractivity contribution < 1.29 is 13.2 Å². The van der Waals surface area contributed by atoms with Crippen LogP contribution in [0, 0.1) is 0 Å². The van der Waals surface area contributed by atoms with E-state index in [0.717, 1.165) is 0 Å². The van der Waals surface area contributed by atoms with E-state index < -0.39 is 9.84 Å². The first-order valence-corrected chi connectivity index (χ1v) is 6.12. The molecule has 0 aliphatic carbocycles. The van der Waals surface area contributed by atoms with Crippen molar-refractivity contribution in [3.8, 4) is 0 Å². The van der Waals surface area contributed by atoms with E-state index in [1.165, 1.54) is 12.6 Å². The summed E-state index contributed by atoms with van der Waals surface area (Å²) in [5.74, 6) is 0.362. The molecule has 0 aliphatic rings. The molecule has 14 heavy (non-hydrogen) atoms.